The SMILES string of the molecule is CCCCCCCCCCCCCCCCOCC1=CC2C3C(C)(C)C3(OC(=O)CCCCCCC)C(OC(=O)c3ccccc3)C(C)C2(O)C2C=C(C)C(=O)C2(O)C1. The summed E-state index contributed by atoms with van der Waals surface area (Å²) in [5.74, 6) is -4.19. The van der Waals surface area contributed by atoms with Gasteiger partial charge in [0.1, 0.15) is 11.7 Å². The van der Waals surface area contributed by atoms with E-state index in [4.69, 9.17) is 14.2 Å². The van der Waals surface area contributed by atoms with Crippen molar-refractivity contribution in [2.45, 2.75) is 199 Å². The Hall–Kier alpha value is -2.81. The molecule has 5 rings (SSSR count). The second-order valence-corrected chi connectivity index (χ2v) is 19.3. The molecule has 8 atom stereocenters. The number of hydrogen-bond acceptors (Lipinski definition) is 8. The van der Waals surface area contributed by atoms with Crippen LogP contribution in [0.15, 0.2) is 53.6 Å². The lowest BCUT2D eigenvalue weighted by atomic mass is 9.59. The third-order valence-corrected chi connectivity index (χ3v) is 14.7. The summed E-state index contributed by atoms with van der Waals surface area (Å²) in [7, 11) is 0. The van der Waals surface area contributed by atoms with Gasteiger partial charge in [0.25, 0.3) is 0 Å². The number of benzene rings is 1. The van der Waals surface area contributed by atoms with E-state index < -0.39 is 63.7 Å². The number of rotatable bonds is 26. The highest BCUT2D eigenvalue weighted by Gasteiger charge is 2.88. The van der Waals surface area contributed by atoms with Gasteiger partial charge in [0, 0.05) is 48.5 Å². The lowest BCUT2D eigenvalue weighted by Crippen LogP contribution is -2.66. The summed E-state index contributed by atoms with van der Waals surface area (Å²) in [6.45, 7) is 12.8. The second-order valence-electron chi connectivity index (χ2n) is 19.3. The van der Waals surface area contributed by atoms with Crippen LogP contribution in [-0.4, -0.2) is 64.1 Å². The molecule has 2 saturated carbocycles. The molecule has 330 valence electrons. The van der Waals surface area contributed by atoms with Crippen LogP contribution in [0.1, 0.15) is 187 Å². The summed E-state index contributed by atoms with van der Waals surface area (Å²) >= 11 is 0. The number of hydrogen-bond donors (Lipinski definition) is 2. The Bertz CT molecular complexity index is 1600. The summed E-state index contributed by atoms with van der Waals surface area (Å²) in [5.41, 5.74) is -4.04. The van der Waals surface area contributed by atoms with Gasteiger partial charge in [-0.2, -0.15) is 0 Å². The van der Waals surface area contributed by atoms with Crippen molar-refractivity contribution >= 4 is 17.7 Å². The zero-order valence-corrected chi connectivity index (χ0v) is 37.5. The molecular formula is C51H78O8. The zero-order valence-electron chi connectivity index (χ0n) is 37.5. The van der Waals surface area contributed by atoms with Crippen LogP contribution in [-0.2, 0) is 23.8 Å². The molecule has 0 radical (unpaired) electrons. The van der Waals surface area contributed by atoms with Crippen molar-refractivity contribution in [3.63, 3.8) is 0 Å². The van der Waals surface area contributed by atoms with Crippen LogP contribution in [0.4, 0.5) is 0 Å². The van der Waals surface area contributed by atoms with Crippen LogP contribution >= 0.6 is 0 Å². The molecule has 0 aliphatic heterocycles. The number of ketones is 1. The molecular weight excluding hydrogens is 741 g/mol. The van der Waals surface area contributed by atoms with Crippen molar-refractivity contribution in [3.05, 3.63) is 59.2 Å². The molecule has 0 heterocycles. The molecule has 1 aromatic carbocycles. The lowest BCUT2D eigenvalue weighted by Gasteiger charge is -2.53. The van der Waals surface area contributed by atoms with Gasteiger partial charge in [0.05, 0.1) is 17.8 Å². The third kappa shape index (κ3) is 10.3. The maximum atomic E-state index is 13.9. The molecule has 0 bridgehead atoms. The van der Waals surface area contributed by atoms with Gasteiger partial charge in [-0.15, -0.1) is 0 Å². The second kappa shape index (κ2) is 21.3. The highest BCUT2D eigenvalue weighted by molar-refractivity contribution is 6.05. The minimum Gasteiger partial charge on any atom is -0.454 e. The number of fused-ring (bicyclic) bond motifs is 5. The first-order valence-corrected chi connectivity index (χ1v) is 23.7. The molecule has 1 aromatic rings. The summed E-state index contributed by atoms with van der Waals surface area (Å²) in [4.78, 5) is 41.5. The Balaban J connectivity index is 1.30. The number of ether oxygens (including phenoxy) is 3. The fourth-order valence-corrected chi connectivity index (χ4v) is 11.3. The largest absolute Gasteiger partial charge is 0.454 e. The number of carbonyl (C=O) groups is 3. The highest BCUT2D eigenvalue weighted by Crippen LogP contribution is 2.77. The summed E-state index contributed by atoms with van der Waals surface area (Å²) < 4.78 is 19.3. The van der Waals surface area contributed by atoms with E-state index >= 15 is 0 Å². The average molecular weight is 819 g/mol. The molecule has 0 aromatic heterocycles. The van der Waals surface area contributed by atoms with Crippen LogP contribution in [0, 0.1) is 29.1 Å². The molecule has 0 spiro atoms. The third-order valence-electron chi connectivity index (χ3n) is 14.7. The number of Topliss-reactive ketones (excluding diaryl/α,β-unsaturated/α-hetero) is 1. The fraction of sp³-hybridized carbons (Fsp3) is 0.745. The predicted octanol–water partition coefficient (Wildman–Crippen LogP) is 11.2. The molecule has 0 saturated heterocycles. The lowest BCUT2D eigenvalue weighted by molar-refractivity contribution is -0.219. The maximum Gasteiger partial charge on any atom is 0.338 e. The predicted molar refractivity (Wildman–Crippen MR) is 234 cm³/mol. The molecule has 8 heteroatoms. The smallest absolute Gasteiger partial charge is 0.338 e. The molecule has 8 nitrogen and oxygen atoms in total. The van der Waals surface area contributed by atoms with Crippen LogP contribution in [0.2, 0.25) is 0 Å². The van der Waals surface area contributed by atoms with Crippen molar-refractivity contribution in [2.75, 3.05) is 13.2 Å². The Kier molecular flexibility index (Phi) is 17.1. The monoisotopic (exact) mass is 819 g/mol. The van der Waals surface area contributed by atoms with Crippen molar-refractivity contribution in [3.8, 4) is 0 Å². The van der Waals surface area contributed by atoms with E-state index in [0.717, 1.165) is 44.1 Å². The highest BCUT2D eigenvalue weighted by atomic mass is 16.6. The molecule has 4 aliphatic rings. The quantitative estimate of drug-likeness (QED) is 0.0539. The Morgan fingerprint density at radius 1 is 0.763 bits per heavy atom. The van der Waals surface area contributed by atoms with Crippen LogP contribution in [0.5, 0.6) is 0 Å². The number of unbranched alkanes of at least 4 members (excludes halogenated alkanes) is 17. The summed E-state index contributed by atoms with van der Waals surface area (Å²) in [5, 5.41) is 25.8. The Morgan fingerprint density at radius 3 is 1.88 bits per heavy atom. The minimum atomic E-state index is -1.89. The van der Waals surface area contributed by atoms with Gasteiger partial charge in [0.2, 0.25) is 0 Å². The van der Waals surface area contributed by atoms with E-state index in [1.807, 2.05) is 32.9 Å². The van der Waals surface area contributed by atoms with Gasteiger partial charge in [0.15, 0.2) is 11.4 Å². The molecule has 2 N–H and O–H groups in total. The molecule has 4 aliphatic carbocycles. The topological polar surface area (TPSA) is 119 Å². The van der Waals surface area contributed by atoms with Crippen LogP contribution in [0.3, 0.4) is 0 Å². The van der Waals surface area contributed by atoms with E-state index in [9.17, 15) is 24.6 Å². The number of aliphatic hydroxyl groups is 2. The average Bonchev–Trinajstić information content (AvgIpc) is 3.64. The van der Waals surface area contributed by atoms with Gasteiger partial charge in [-0.05, 0) is 43.0 Å². The van der Waals surface area contributed by atoms with E-state index in [1.165, 1.54) is 77.0 Å². The Morgan fingerprint density at radius 2 is 1.31 bits per heavy atom. The van der Waals surface area contributed by atoms with Crippen molar-refractivity contribution in [1.82, 2.24) is 0 Å². The van der Waals surface area contributed by atoms with Crippen molar-refractivity contribution in [2.24, 2.45) is 29.1 Å². The first kappa shape index (κ1) is 47.2. The van der Waals surface area contributed by atoms with Gasteiger partial charge in [-0.1, -0.05) is 174 Å². The normalized spacial score (nSPS) is 30.4. The first-order chi connectivity index (χ1) is 28.3. The summed E-state index contributed by atoms with van der Waals surface area (Å²) in [6.07, 6.45) is 25.8. The van der Waals surface area contributed by atoms with Crippen LogP contribution in [0.25, 0.3) is 0 Å². The maximum absolute atomic E-state index is 13.9. The van der Waals surface area contributed by atoms with Gasteiger partial charge >= 0.3 is 11.9 Å². The van der Waals surface area contributed by atoms with E-state index in [-0.39, 0.29) is 25.4 Å². The molecule has 2 fully saturated rings. The van der Waals surface area contributed by atoms with Crippen molar-refractivity contribution < 1.29 is 38.8 Å². The van der Waals surface area contributed by atoms with E-state index in [0.29, 0.717) is 24.2 Å². The number of esters is 2. The Labute approximate surface area is 356 Å². The zero-order chi connectivity index (χ0) is 42.7. The summed E-state index contributed by atoms with van der Waals surface area (Å²) in [6, 6.07) is 8.71. The van der Waals surface area contributed by atoms with Crippen LogP contribution < -0.4 is 0 Å². The molecule has 0 amide bonds. The van der Waals surface area contributed by atoms with Gasteiger partial charge in [-0.25, -0.2) is 4.79 Å². The van der Waals surface area contributed by atoms with Gasteiger partial charge in [-0.3, -0.25) is 9.59 Å². The molecule has 59 heavy (non-hydrogen) atoms. The minimum absolute atomic E-state index is 0.0285. The first-order valence-electron chi connectivity index (χ1n) is 23.7. The van der Waals surface area contributed by atoms with E-state index in [2.05, 4.69) is 13.8 Å². The molecule has 8 unspecified atom stereocenters. The number of carbonyl (C=O) groups excluding carboxylic acids is 3. The standard InChI is InChI=1S/C51H78O8/c1-7-9-11-13-14-15-16-17-18-19-20-21-23-28-32-57-36-39-34-41-44-48(5,6)51(44,59-43(52)31-27-22-12-10-8-2)46(58-47(54)40-29-25-24-26-30-40)38(4)50(41,56)42-33-37(3)45(53)49(42,55)35-39/h24-26,29-30,33-34,38,41-42,44,46,55-56H,7-23,27-28,31-32,35-36H2,1-6H3. The fourth-order valence-electron chi connectivity index (χ4n) is 11.3. The van der Waals surface area contributed by atoms with Crippen molar-refractivity contribution in [1.29, 1.82) is 0 Å². The van der Waals surface area contributed by atoms with Gasteiger partial charge < -0.3 is 24.4 Å². The van der Waals surface area contributed by atoms with E-state index in [1.54, 1.807) is 37.3 Å².